The van der Waals surface area contributed by atoms with Crippen LogP contribution in [0.2, 0.25) is 0 Å². The predicted octanol–water partition coefficient (Wildman–Crippen LogP) is 4.73. The second-order valence-corrected chi connectivity index (χ2v) is 6.27. The van der Waals surface area contributed by atoms with Crippen molar-refractivity contribution < 1.29 is 23.5 Å². The summed E-state index contributed by atoms with van der Waals surface area (Å²) in [4.78, 5) is 17.6. The second kappa shape index (κ2) is 10.7. The van der Waals surface area contributed by atoms with Crippen LogP contribution in [-0.4, -0.2) is 18.8 Å². The van der Waals surface area contributed by atoms with Crippen molar-refractivity contribution >= 4 is 11.7 Å². The van der Waals surface area contributed by atoms with Crippen LogP contribution in [-0.2, 0) is 27.6 Å². The summed E-state index contributed by atoms with van der Waals surface area (Å²) in [6.45, 7) is 0.467. The lowest BCUT2D eigenvalue weighted by atomic mass is 10.1. The molecule has 29 heavy (non-hydrogen) atoms. The molecule has 150 valence electrons. The lowest BCUT2D eigenvalue weighted by molar-refractivity contribution is -0.145. The maximum Gasteiger partial charge on any atom is 0.306 e. The van der Waals surface area contributed by atoms with Crippen LogP contribution in [0.15, 0.2) is 82.6 Å². The third kappa shape index (κ3) is 6.53. The molecule has 0 amide bonds. The van der Waals surface area contributed by atoms with Crippen molar-refractivity contribution in [2.75, 3.05) is 7.11 Å². The molecule has 6 heteroatoms. The molecule has 6 nitrogen and oxygen atoms in total. The van der Waals surface area contributed by atoms with Crippen LogP contribution < -0.4 is 4.74 Å². The van der Waals surface area contributed by atoms with Crippen molar-refractivity contribution in [3.05, 3.63) is 89.9 Å². The van der Waals surface area contributed by atoms with Gasteiger partial charge in [-0.3, -0.25) is 4.79 Å². The van der Waals surface area contributed by atoms with Gasteiger partial charge in [-0.15, -0.1) is 0 Å². The molecule has 0 aliphatic heterocycles. The maximum atomic E-state index is 12.1. The number of furan rings is 1. The first kappa shape index (κ1) is 20.2. The Hall–Kier alpha value is -3.54. The summed E-state index contributed by atoms with van der Waals surface area (Å²) in [5, 5.41) is 4.28. The predicted molar refractivity (Wildman–Crippen MR) is 109 cm³/mol. The molecule has 3 rings (SSSR count). The van der Waals surface area contributed by atoms with Crippen LogP contribution in [0, 0.1) is 0 Å². The minimum absolute atomic E-state index is 0.116. The molecule has 2 aromatic carbocycles. The third-order valence-electron chi connectivity index (χ3n) is 4.19. The molecule has 0 saturated carbocycles. The number of nitrogens with zero attached hydrogens (tertiary/aromatic N) is 1. The van der Waals surface area contributed by atoms with Gasteiger partial charge in [0.05, 0.1) is 25.5 Å². The molecule has 0 unspecified atom stereocenters. The summed E-state index contributed by atoms with van der Waals surface area (Å²) in [5.41, 5.74) is 2.54. The van der Waals surface area contributed by atoms with E-state index < -0.39 is 0 Å². The summed E-state index contributed by atoms with van der Waals surface area (Å²) >= 11 is 0. The zero-order valence-corrected chi connectivity index (χ0v) is 16.2. The number of esters is 1. The lowest BCUT2D eigenvalue weighted by Gasteiger charge is -2.09. The van der Waals surface area contributed by atoms with Crippen molar-refractivity contribution in [2.24, 2.45) is 5.16 Å². The number of rotatable bonds is 10. The average molecular weight is 393 g/mol. The Morgan fingerprint density at radius 1 is 0.931 bits per heavy atom. The van der Waals surface area contributed by atoms with Crippen molar-refractivity contribution in [2.45, 2.75) is 26.1 Å². The van der Waals surface area contributed by atoms with Crippen LogP contribution in [0.3, 0.4) is 0 Å². The fourth-order valence-electron chi connectivity index (χ4n) is 2.62. The summed E-state index contributed by atoms with van der Waals surface area (Å²) in [6, 6.07) is 20.7. The van der Waals surface area contributed by atoms with Gasteiger partial charge in [-0.1, -0.05) is 35.5 Å². The molecular weight excluding hydrogens is 370 g/mol. The first-order chi connectivity index (χ1) is 14.2. The second-order valence-electron chi connectivity index (χ2n) is 6.27. The molecule has 0 atom stereocenters. The van der Waals surface area contributed by atoms with Crippen molar-refractivity contribution in [3.63, 3.8) is 0 Å². The number of benzene rings is 2. The lowest BCUT2D eigenvalue weighted by Crippen LogP contribution is -2.09. The molecule has 1 aromatic heterocycles. The minimum Gasteiger partial charge on any atom is -0.497 e. The molecule has 0 radical (unpaired) electrons. The van der Waals surface area contributed by atoms with Gasteiger partial charge < -0.3 is 18.7 Å². The van der Waals surface area contributed by atoms with E-state index in [1.807, 2.05) is 54.6 Å². The Labute approximate surface area is 169 Å². The SMILES string of the molecule is COc1ccc(/C(CCC(=O)OCc2ccco2)=N/OCc2ccccc2)cc1. The minimum atomic E-state index is -0.328. The Morgan fingerprint density at radius 2 is 1.72 bits per heavy atom. The van der Waals surface area contributed by atoms with E-state index in [-0.39, 0.29) is 19.0 Å². The molecule has 0 bridgehead atoms. The van der Waals surface area contributed by atoms with E-state index in [0.717, 1.165) is 16.9 Å². The number of carbonyl (C=O) groups excluding carboxylic acids is 1. The van der Waals surface area contributed by atoms with E-state index in [1.54, 1.807) is 25.5 Å². The molecule has 0 fully saturated rings. The number of methoxy groups -OCH3 is 1. The Bertz CT molecular complexity index is 902. The van der Waals surface area contributed by atoms with Gasteiger partial charge in [0.25, 0.3) is 0 Å². The molecule has 0 spiro atoms. The van der Waals surface area contributed by atoms with Crippen molar-refractivity contribution in [3.8, 4) is 5.75 Å². The van der Waals surface area contributed by atoms with Crippen LogP contribution in [0.25, 0.3) is 0 Å². The molecule has 0 saturated heterocycles. The molecule has 0 aliphatic rings. The first-order valence-corrected chi connectivity index (χ1v) is 9.30. The van der Waals surface area contributed by atoms with Gasteiger partial charge in [0, 0.05) is 6.42 Å². The van der Waals surface area contributed by atoms with Crippen LogP contribution in [0.4, 0.5) is 0 Å². The molecular formula is C23H23NO5. The third-order valence-corrected chi connectivity index (χ3v) is 4.19. The summed E-state index contributed by atoms with van der Waals surface area (Å²) < 4.78 is 15.6. The Morgan fingerprint density at radius 3 is 2.41 bits per heavy atom. The standard InChI is InChI=1S/C23H23NO5/c1-26-20-11-9-19(10-12-20)22(24-29-16-18-6-3-2-4-7-18)13-14-23(25)28-17-21-8-5-15-27-21/h2-12,15H,13-14,16-17H2,1H3/b24-22+. The Balaban J connectivity index is 1.61. The van der Waals surface area contributed by atoms with Gasteiger partial charge in [-0.05, 0) is 47.5 Å². The van der Waals surface area contributed by atoms with Gasteiger partial charge in [0.15, 0.2) is 0 Å². The van der Waals surface area contributed by atoms with E-state index in [0.29, 0.717) is 24.5 Å². The van der Waals surface area contributed by atoms with Gasteiger partial charge in [0.2, 0.25) is 0 Å². The largest absolute Gasteiger partial charge is 0.497 e. The van der Waals surface area contributed by atoms with Crippen LogP contribution in [0.5, 0.6) is 5.75 Å². The highest BCUT2D eigenvalue weighted by molar-refractivity contribution is 6.01. The van der Waals surface area contributed by atoms with Crippen LogP contribution >= 0.6 is 0 Å². The van der Waals surface area contributed by atoms with Gasteiger partial charge in [-0.25, -0.2) is 0 Å². The molecule has 0 aliphatic carbocycles. The Kier molecular flexibility index (Phi) is 7.46. The van der Waals surface area contributed by atoms with E-state index in [2.05, 4.69) is 5.16 Å². The van der Waals surface area contributed by atoms with Crippen molar-refractivity contribution in [1.29, 1.82) is 0 Å². The quantitative estimate of drug-likeness (QED) is 0.283. The number of carbonyl (C=O) groups is 1. The molecule has 3 aromatic rings. The zero-order valence-electron chi connectivity index (χ0n) is 16.2. The van der Waals surface area contributed by atoms with Gasteiger partial charge in [-0.2, -0.15) is 0 Å². The molecule has 1 heterocycles. The highest BCUT2D eigenvalue weighted by atomic mass is 16.6. The topological polar surface area (TPSA) is 70.3 Å². The average Bonchev–Trinajstić information content (AvgIpc) is 3.29. The summed E-state index contributed by atoms with van der Waals surface area (Å²) in [6.07, 6.45) is 2.11. The number of oxime groups is 1. The number of ether oxygens (including phenoxy) is 2. The normalized spacial score (nSPS) is 11.1. The van der Waals surface area contributed by atoms with Crippen LogP contribution in [0.1, 0.15) is 29.7 Å². The van der Waals surface area contributed by atoms with Gasteiger partial charge in [0.1, 0.15) is 24.7 Å². The highest BCUT2D eigenvalue weighted by Gasteiger charge is 2.11. The zero-order chi connectivity index (χ0) is 20.3. The maximum absolute atomic E-state index is 12.1. The first-order valence-electron chi connectivity index (χ1n) is 9.30. The fourth-order valence-corrected chi connectivity index (χ4v) is 2.62. The van der Waals surface area contributed by atoms with E-state index in [4.69, 9.17) is 18.7 Å². The van der Waals surface area contributed by atoms with Crippen molar-refractivity contribution in [1.82, 2.24) is 0 Å². The van der Waals surface area contributed by atoms with E-state index in [1.165, 1.54) is 0 Å². The smallest absolute Gasteiger partial charge is 0.306 e. The van der Waals surface area contributed by atoms with E-state index >= 15 is 0 Å². The fraction of sp³-hybridized carbons (Fsp3) is 0.217. The number of hydrogen-bond acceptors (Lipinski definition) is 6. The summed E-state index contributed by atoms with van der Waals surface area (Å²) in [5.74, 6) is 1.02. The molecule has 0 N–H and O–H groups in total. The monoisotopic (exact) mass is 393 g/mol. The number of hydrogen-bond donors (Lipinski definition) is 0. The highest BCUT2D eigenvalue weighted by Crippen LogP contribution is 2.15. The van der Waals surface area contributed by atoms with Gasteiger partial charge >= 0.3 is 5.97 Å². The van der Waals surface area contributed by atoms with E-state index in [9.17, 15) is 4.79 Å². The summed E-state index contributed by atoms with van der Waals surface area (Å²) in [7, 11) is 1.61.